The Labute approximate surface area is 82.7 Å². The molecule has 0 saturated heterocycles. The van der Waals surface area contributed by atoms with Crippen LogP contribution in [0.4, 0.5) is 0 Å². The van der Waals surface area contributed by atoms with Crippen molar-refractivity contribution in [1.82, 2.24) is 0 Å². The van der Waals surface area contributed by atoms with Crippen LogP contribution in [0.2, 0.25) is 0 Å². The van der Waals surface area contributed by atoms with Crippen molar-refractivity contribution in [2.75, 3.05) is 13.2 Å². The van der Waals surface area contributed by atoms with Crippen LogP contribution < -0.4 is 0 Å². The number of hydrogen-bond donors (Lipinski definition) is 0. The highest BCUT2D eigenvalue weighted by atomic mass is 35.5. The first-order valence-electron chi connectivity index (χ1n) is 3.70. The van der Waals surface area contributed by atoms with Crippen molar-refractivity contribution in [3.05, 3.63) is 0 Å². The van der Waals surface area contributed by atoms with E-state index in [4.69, 9.17) is 4.74 Å². The Morgan fingerprint density at radius 1 is 0.818 bits per heavy atom. The molecule has 0 atom stereocenters. The van der Waals surface area contributed by atoms with Crippen LogP contribution in [0.5, 0.6) is 0 Å². The fourth-order valence-corrected chi connectivity index (χ4v) is 0.539. The summed E-state index contributed by atoms with van der Waals surface area (Å²) in [6, 6.07) is 0. The van der Waals surface area contributed by atoms with Gasteiger partial charge in [0, 0.05) is 13.2 Å². The molecule has 0 aromatic carbocycles. The van der Waals surface area contributed by atoms with E-state index >= 15 is 0 Å². The van der Waals surface area contributed by atoms with E-state index in [1.54, 1.807) is 0 Å². The summed E-state index contributed by atoms with van der Waals surface area (Å²) in [5.41, 5.74) is 0. The van der Waals surface area contributed by atoms with Crippen molar-refractivity contribution in [2.24, 2.45) is 11.8 Å². The highest BCUT2D eigenvalue weighted by molar-refractivity contribution is 5.85. The molecule has 0 unspecified atom stereocenters. The predicted octanol–water partition coefficient (Wildman–Crippen LogP) is 3.16. The van der Waals surface area contributed by atoms with E-state index in [2.05, 4.69) is 27.7 Å². The molecule has 11 heavy (non-hydrogen) atoms. The lowest BCUT2D eigenvalue weighted by Gasteiger charge is -2.07. The first-order chi connectivity index (χ1) is 4.13. The van der Waals surface area contributed by atoms with Gasteiger partial charge in [0.2, 0.25) is 0 Å². The molecular weight excluding hydrogens is 183 g/mol. The van der Waals surface area contributed by atoms with E-state index in [1.807, 2.05) is 0 Å². The summed E-state index contributed by atoms with van der Waals surface area (Å²) >= 11 is 0. The van der Waals surface area contributed by atoms with Crippen molar-refractivity contribution in [2.45, 2.75) is 27.7 Å². The van der Waals surface area contributed by atoms with Gasteiger partial charge in [-0.05, 0) is 11.8 Å². The summed E-state index contributed by atoms with van der Waals surface area (Å²) in [4.78, 5) is 0. The summed E-state index contributed by atoms with van der Waals surface area (Å²) in [6.45, 7) is 10.5. The molecule has 72 valence electrons. The first-order valence-corrected chi connectivity index (χ1v) is 3.70. The van der Waals surface area contributed by atoms with Gasteiger partial charge in [-0.25, -0.2) is 0 Å². The first kappa shape index (κ1) is 17.6. The second kappa shape index (κ2) is 10.5. The minimum atomic E-state index is 0. The van der Waals surface area contributed by atoms with Gasteiger partial charge in [-0.15, -0.1) is 24.8 Å². The topological polar surface area (TPSA) is 9.23 Å². The fourth-order valence-electron chi connectivity index (χ4n) is 0.539. The van der Waals surface area contributed by atoms with Crippen LogP contribution in [0.25, 0.3) is 0 Å². The number of rotatable bonds is 4. The average Bonchev–Trinajstić information content (AvgIpc) is 1.63. The molecule has 0 saturated carbocycles. The normalized spacial score (nSPS) is 9.27. The van der Waals surface area contributed by atoms with E-state index in [9.17, 15) is 0 Å². The zero-order valence-corrected chi connectivity index (χ0v) is 9.43. The number of halogens is 2. The summed E-state index contributed by atoms with van der Waals surface area (Å²) in [7, 11) is 0. The second-order valence-corrected chi connectivity index (χ2v) is 3.33. The molecule has 0 radical (unpaired) electrons. The molecule has 0 aliphatic heterocycles. The smallest absolute Gasteiger partial charge is 0.0489 e. The van der Waals surface area contributed by atoms with Crippen molar-refractivity contribution in [3.63, 3.8) is 0 Å². The van der Waals surface area contributed by atoms with Gasteiger partial charge in [-0.2, -0.15) is 0 Å². The largest absolute Gasteiger partial charge is 0.381 e. The Balaban J connectivity index is -0.000000320. The maximum Gasteiger partial charge on any atom is 0.0489 e. The van der Waals surface area contributed by atoms with Gasteiger partial charge in [0.1, 0.15) is 0 Å². The minimum absolute atomic E-state index is 0. The summed E-state index contributed by atoms with van der Waals surface area (Å²) in [5.74, 6) is 1.34. The molecule has 0 aliphatic carbocycles. The molecule has 0 N–H and O–H groups in total. The Morgan fingerprint density at radius 2 is 1.09 bits per heavy atom. The van der Waals surface area contributed by atoms with Crippen LogP contribution in [0.15, 0.2) is 0 Å². The monoisotopic (exact) mass is 202 g/mol. The third-order valence-corrected chi connectivity index (χ3v) is 0.902. The SMILES string of the molecule is CC(C)COCC(C)C.Cl.Cl. The Kier molecular flexibility index (Phi) is 16.8. The summed E-state index contributed by atoms with van der Waals surface area (Å²) in [6.07, 6.45) is 0. The van der Waals surface area contributed by atoms with Crippen LogP contribution >= 0.6 is 24.8 Å². The Hall–Kier alpha value is 0.540. The predicted molar refractivity (Wildman–Crippen MR) is 55.0 cm³/mol. The summed E-state index contributed by atoms with van der Waals surface area (Å²) in [5, 5.41) is 0. The maximum atomic E-state index is 5.36. The molecule has 0 heterocycles. The fraction of sp³-hybridized carbons (Fsp3) is 1.00. The molecule has 3 heteroatoms. The van der Waals surface area contributed by atoms with E-state index in [0.29, 0.717) is 11.8 Å². The second-order valence-electron chi connectivity index (χ2n) is 3.33. The molecule has 0 spiro atoms. The molecule has 0 amide bonds. The van der Waals surface area contributed by atoms with Gasteiger partial charge in [-0.1, -0.05) is 27.7 Å². The number of hydrogen-bond acceptors (Lipinski definition) is 1. The zero-order valence-electron chi connectivity index (χ0n) is 7.79. The van der Waals surface area contributed by atoms with Crippen LogP contribution in [-0.4, -0.2) is 13.2 Å². The molecule has 0 rings (SSSR count). The lowest BCUT2D eigenvalue weighted by molar-refractivity contribution is 0.0886. The van der Waals surface area contributed by atoms with E-state index < -0.39 is 0 Å². The molecule has 0 bridgehead atoms. The van der Waals surface area contributed by atoms with Gasteiger partial charge >= 0.3 is 0 Å². The van der Waals surface area contributed by atoms with Crippen molar-refractivity contribution < 1.29 is 4.74 Å². The molecule has 0 aromatic rings. The maximum absolute atomic E-state index is 5.36. The van der Waals surface area contributed by atoms with Crippen LogP contribution in [0, 0.1) is 11.8 Å². The summed E-state index contributed by atoms with van der Waals surface area (Å²) < 4.78 is 5.36. The third kappa shape index (κ3) is 18.0. The van der Waals surface area contributed by atoms with Crippen LogP contribution in [0.1, 0.15) is 27.7 Å². The molecular formula is C8H20Cl2O. The molecule has 1 nitrogen and oxygen atoms in total. The van der Waals surface area contributed by atoms with E-state index in [-0.39, 0.29) is 24.8 Å². The standard InChI is InChI=1S/C8H18O.2ClH/c1-7(2)5-9-6-8(3)4;;/h7-8H,5-6H2,1-4H3;2*1H. The quantitative estimate of drug-likeness (QED) is 0.681. The Morgan fingerprint density at radius 3 is 1.27 bits per heavy atom. The van der Waals surface area contributed by atoms with Crippen LogP contribution in [-0.2, 0) is 4.74 Å². The number of ether oxygens (including phenoxy) is 1. The third-order valence-electron chi connectivity index (χ3n) is 0.902. The van der Waals surface area contributed by atoms with E-state index in [0.717, 1.165) is 13.2 Å². The molecule has 0 aromatic heterocycles. The van der Waals surface area contributed by atoms with Gasteiger partial charge in [0.15, 0.2) is 0 Å². The highest BCUT2D eigenvalue weighted by Crippen LogP contribution is 1.96. The lowest BCUT2D eigenvalue weighted by atomic mass is 10.2. The van der Waals surface area contributed by atoms with Crippen LogP contribution in [0.3, 0.4) is 0 Å². The van der Waals surface area contributed by atoms with Crippen molar-refractivity contribution >= 4 is 24.8 Å². The van der Waals surface area contributed by atoms with Gasteiger partial charge in [-0.3, -0.25) is 0 Å². The minimum Gasteiger partial charge on any atom is -0.381 e. The van der Waals surface area contributed by atoms with Gasteiger partial charge < -0.3 is 4.74 Å². The molecule has 0 aliphatic rings. The van der Waals surface area contributed by atoms with Crippen molar-refractivity contribution in [3.8, 4) is 0 Å². The molecule has 0 fully saturated rings. The zero-order chi connectivity index (χ0) is 7.28. The Bertz CT molecular complexity index is 57.1. The average molecular weight is 203 g/mol. The van der Waals surface area contributed by atoms with Gasteiger partial charge in [0.25, 0.3) is 0 Å². The van der Waals surface area contributed by atoms with E-state index in [1.165, 1.54) is 0 Å². The highest BCUT2D eigenvalue weighted by Gasteiger charge is 1.95. The lowest BCUT2D eigenvalue weighted by Crippen LogP contribution is -2.06. The van der Waals surface area contributed by atoms with Crippen molar-refractivity contribution in [1.29, 1.82) is 0 Å². The van der Waals surface area contributed by atoms with Gasteiger partial charge in [0.05, 0.1) is 0 Å².